The smallest absolute Gasteiger partial charge is 0.171 e. The van der Waals surface area contributed by atoms with E-state index >= 15 is 0 Å². The SMILES string of the molecule is CCC1C2[C@H]3CC[C@@H]4[C@H](CC[C@]5(C)[C@@H]([C@@H](C)Cn6nnc(C)n6)CC[C@@H]45)[C@H]3CC[C@]12O. The van der Waals surface area contributed by atoms with Gasteiger partial charge in [0.2, 0.25) is 0 Å². The van der Waals surface area contributed by atoms with E-state index in [1.54, 1.807) is 0 Å². The van der Waals surface area contributed by atoms with Gasteiger partial charge in [0, 0.05) is 0 Å². The molecule has 0 radical (unpaired) electrons. The van der Waals surface area contributed by atoms with E-state index in [-0.39, 0.29) is 5.60 Å². The van der Waals surface area contributed by atoms with E-state index in [9.17, 15) is 5.11 Å². The Bertz CT molecular complexity index is 839. The first-order valence-corrected chi connectivity index (χ1v) is 13.3. The van der Waals surface area contributed by atoms with Gasteiger partial charge in [-0.1, -0.05) is 27.2 Å². The van der Waals surface area contributed by atoms with Crippen molar-refractivity contribution in [1.82, 2.24) is 20.2 Å². The van der Waals surface area contributed by atoms with Crippen LogP contribution >= 0.6 is 0 Å². The molecule has 31 heavy (non-hydrogen) atoms. The van der Waals surface area contributed by atoms with E-state index in [0.29, 0.717) is 23.2 Å². The van der Waals surface area contributed by atoms with Crippen LogP contribution in [-0.2, 0) is 6.54 Å². The quantitative estimate of drug-likeness (QED) is 0.745. The minimum absolute atomic E-state index is 0.270. The van der Waals surface area contributed by atoms with Crippen LogP contribution in [0.4, 0.5) is 0 Å². The fourth-order valence-corrected chi connectivity index (χ4v) is 10.4. The molecule has 6 rings (SSSR count). The zero-order valence-electron chi connectivity index (χ0n) is 20.0. The van der Waals surface area contributed by atoms with Crippen molar-refractivity contribution < 1.29 is 5.11 Å². The Hall–Kier alpha value is -0.970. The van der Waals surface area contributed by atoms with Crippen LogP contribution in [0.15, 0.2) is 0 Å². The monoisotopic (exact) mass is 426 g/mol. The molecule has 0 amide bonds. The van der Waals surface area contributed by atoms with Gasteiger partial charge in [-0.15, -0.1) is 10.2 Å². The summed E-state index contributed by atoms with van der Waals surface area (Å²) in [7, 11) is 0. The first-order chi connectivity index (χ1) is 14.9. The van der Waals surface area contributed by atoms with E-state index in [1.165, 1.54) is 51.4 Å². The molecule has 1 aromatic heterocycles. The highest BCUT2D eigenvalue weighted by Gasteiger charge is 2.70. The van der Waals surface area contributed by atoms with Crippen LogP contribution in [0, 0.1) is 65.6 Å². The lowest BCUT2D eigenvalue weighted by Gasteiger charge is -2.56. The van der Waals surface area contributed by atoms with Gasteiger partial charge >= 0.3 is 0 Å². The zero-order chi connectivity index (χ0) is 21.5. The molecule has 5 aliphatic carbocycles. The fourth-order valence-electron chi connectivity index (χ4n) is 10.4. The van der Waals surface area contributed by atoms with Crippen LogP contribution < -0.4 is 0 Å². The molecule has 0 saturated heterocycles. The van der Waals surface area contributed by atoms with Crippen molar-refractivity contribution in [2.24, 2.45) is 58.7 Å². The summed E-state index contributed by atoms with van der Waals surface area (Å²) in [5.41, 5.74) is 0.220. The first kappa shape index (κ1) is 20.6. The molecule has 0 aliphatic heterocycles. The van der Waals surface area contributed by atoms with Gasteiger partial charge in [0.15, 0.2) is 5.82 Å². The molecule has 5 aliphatic rings. The van der Waals surface area contributed by atoms with E-state index < -0.39 is 0 Å². The number of nitrogens with zero attached hydrogens (tertiary/aromatic N) is 4. The molecule has 5 heteroatoms. The Morgan fingerprint density at radius 1 is 1.03 bits per heavy atom. The van der Waals surface area contributed by atoms with Gasteiger partial charge in [-0.2, -0.15) is 4.80 Å². The molecule has 0 bridgehead atoms. The molecule has 1 heterocycles. The summed E-state index contributed by atoms with van der Waals surface area (Å²) in [6.07, 6.45) is 12.1. The fraction of sp³-hybridized carbons (Fsp3) is 0.962. The highest BCUT2D eigenvalue weighted by Crippen LogP contribution is 2.71. The van der Waals surface area contributed by atoms with Crippen molar-refractivity contribution >= 4 is 0 Å². The normalized spacial score (nSPS) is 51.4. The maximum atomic E-state index is 11.1. The Labute approximate surface area is 187 Å². The standard InChI is InChI=1S/C26H42N4O/c1-5-21-24-20-7-6-19-17(18(20)11-13-26(21,24)31)10-12-25(4)22(8-9-23(19)25)15(2)14-30-28-16(3)27-29-30/h15,17-24,31H,5-14H2,1-4H3/t15-,17+,18+,19+,20-,21?,22+,23-,24?,25+,26-/m0/s1. The molecule has 0 aromatic carbocycles. The van der Waals surface area contributed by atoms with Gasteiger partial charge in [0.05, 0.1) is 12.1 Å². The van der Waals surface area contributed by atoms with E-state index in [1.807, 2.05) is 11.7 Å². The topological polar surface area (TPSA) is 63.8 Å². The van der Waals surface area contributed by atoms with Crippen molar-refractivity contribution in [3.05, 3.63) is 5.82 Å². The molecule has 5 fully saturated rings. The van der Waals surface area contributed by atoms with Gasteiger partial charge < -0.3 is 5.11 Å². The van der Waals surface area contributed by atoms with E-state index in [0.717, 1.165) is 54.3 Å². The molecule has 2 unspecified atom stereocenters. The lowest BCUT2D eigenvalue weighted by molar-refractivity contribution is -0.0847. The molecule has 5 saturated carbocycles. The molecule has 1 aromatic rings. The predicted molar refractivity (Wildman–Crippen MR) is 120 cm³/mol. The van der Waals surface area contributed by atoms with Crippen molar-refractivity contribution in [2.75, 3.05) is 0 Å². The van der Waals surface area contributed by atoms with Crippen molar-refractivity contribution in [1.29, 1.82) is 0 Å². The van der Waals surface area contributed by atoms with Gasteiger partial charge in [-0.05, 0) is 122 Å². The summed E-state index contributed by atoms with van der Waals surface area (Å²) in [6, 6.07) is 0. The Morgan fingerprint density at radius 2 is 1.77 bits per heavy atom. The third-order valence-corrected chi connectivity index (χ3v) is 11.5. The van der Waals surface area contributed by atoms with Crippen molar-refractivity contribution in [3.8, 4) is 0 Å². The molecule has 5 nitrogen and oxygen atoms in total. The van der Waals surface area contributed by atoms with E-state index in [2.05, 4.69) is 36.2 Å². The van der Waals surface area contributed by atoms with Crippen molar-refractivity contribution in [2.45, 2.75) is 97.6 Å². The summed E-state index contributed by atoms with van der Waals surface area (Å²) in [5.74, 6) is 7.94. The molecule has 0 spiro atoms. The highest BCUT2D eigenvalue weighted by atomic mass is 16.3. The van der Waals surface area contributed by atoms with Gasteiger partial charge in [0.1, 0.15) is 0 Å². The highest BCUT2D eigenvalue weighted by molar-refractivity contribution is 5.19. The lowest BCUT2D eigenvalue weighted by atomic mass is 9.49. The molecular formula is C26H42N4O. The number of hydrogen-bond acceptors (Lipinski definition) is 4. The maximum Gasteiger partial charge on any atom is 0.171 e. The molecule has 11 atom stereocenters. The van der Waals surface area contributed by atoms with Crippen LogP contribution in [0.3, 0.4) is 0 Å². The number of aromatic nitrogens is 4. The third kappa shape index (κ3) is 2.87. The number of tetrazole rings is 1. The summed E-state index contributed by atoms with van der Waals surface area (Å²) < 4.78 is 0. The summed E-state index contributed by atoms with van der Waals surface area (Å²) >= 11 is 0. The zero-order valence-corrected chi connectivity index (χ0v) is 20.0. The third-order valence-electron chi connectivity index (χ3n) is 11.5. The number of hydrogen-bond donors (Lipinski definition) is 1. The van der Waals surface area contributed by atoms with Crippen LogP contribution in [0.1, 0.15) is 84.4 Å². The molecular weight excluding hydrogens is 384 g/mol. The number of fused-ring (bicyclic) bond motifs is 7. The number of aliphatic hydroxyl groups is 1. The van der Waals surface area contributed by atoms with E-state index in [4.69, 9.17) is 0 Å². The summed E-state index contributed by atoms with van der Waals surface area (Å²) in [4.78, 5) is 1.83. The van der Waals surface area contributed by atoms with Gasteiger partial charge in [0.25, 0.3) is 0 Å². The van der Waals surface area contributed by atoms with Gasteiger partial charge in [-0.3, -0.25) is 0 Å². The van der Waals surface area contributed by atoms with Crippen LogP contribution in [0.2, 0.25) is 0 Å². The van der Waals surface area contributed by atoms with Crippen molar-refractivity contribution in [3.63, 3.8) is 0 Å². The van der Waals surface area contributed by atoms with Crippen LogP contribution in [0.5, 0.6) is 0 Å². The second-order valence-corrected chi connectivity index (χ2v) is 12.5. The van der Waals surface area contributed by atoms with Gasteiger partial charge in [-0.25, -0.2) is 0 Å². The Balaban J connectivity index is 1.18. The first-order valence-electron chi connectivity index (χ1n) is 13.3. The second kappa shape index (κ2) is 7.01. The maximum absolute atomic E-state index is 11.1. The average molecular weight is 427 g/mol. The largest absolute Gasteiger partial charge is 0.389 e. The molecule has 172 valence electrons. The summed E-state index contributed by atoms with van der Waals surface area (Å²) in [5, 5.41) is 23.9. The van der Waals surface area contributed by atoms with Crippen LogP contribution in [-0.4, -0.2) is 30.9 Å². The average Bonchev–Trinajstić information content (AvgIpc) is 2.97. The lowest BCUT2D eigenvalue weighted by Crippen LogP contribution is -2.50. The van der Waals surface area contributed by atoms with Crippen LogP contribution in [0.25, 0.3) is 0 Å². The minimum Gasteiger partial charge on any atom is -0.389 e. The molecule has 1 N–H and O–H groups in total. The number of rotatable bonds is 4. The predicted octanol–water partition coefficient (Wildman–Crippen LogP) is 4.88. The second-order valence-electron chi connectivity index (χ2n) is 12.5. The summed E-state index contributed by atoms with van der Waals surface area (Å²) in [6.45, 7) is 10.2. The Morgan fingerprint density at radius 3 is 2.52 bits per heavy atom. The minimum atomic E-state index is -0.270. The number of aryl methyl sites for hydroxylation is 1. The Kier molecular flexibility index (Phi) is 4.67.